The number of carbonyl (C=O) groups is 1. The van der Waals surface area contributed by atoms with E-state index in [1.165, 1.54) is 17.5 Å². The van der Waals surface area contributed by atoms with Crippen molar-refractivity contribution in [1.82, 2.24) is 20.4 Å². The first-order valence-corrected chi connectivity index (χ1v) is 10.8. The van der Waals surface area contributed by atoms with Crippen LogP contribution in [-0.4, -0.2) is 27.8 Å². The molecule has 2 saturated heterocycles. The van der Waals surface area contributed by atoms with E-state index in [1.54, 1.807) is 0 Å². The number of amides is 1. The number of rotatable bonds is 6. The molecule has 0 saturated carbocycles. The van der Waals surface area contributed by atoms with Gasteiger partial charge in [0.25, 0.3) is 0 Å². The Balaban J connectivity index is 0.00000231. The molecule has 2 bridgehead atoms. The van der Waals surface area contributed by atoms with Gasteiger partial charge in [0.2, 0.25) is 5.91 Å². The van der Waals surface area contributed by atoms with Gasteiger partial charge >= 0.3 is 0 Å². The predicted octanol–water partition coefficient (Wildman–Crippen LogP) is 3.97. The first kappa shape index (κ1) is 21.6. The van der Waals surface area contributed by atoms with Gasteiger partial charge in [0.05, 0.1) is 17.3 Å². The molecule has 162 valence electrons. The Hall–Kier alpha value is -2.63. The average Bonchev–Trinajstić information content (AvgIpc) is 3.50. The van der Waals surface area contributed by atoms with Crippen LogP contribution in [0.15, 0.2) is 67.0 Å². The smallest absolute Gasteiger partial charge is 0.228 e. The van der Waals surface area contributed by atoms with Crippen LogP contribution in [0.4, 0.5) is 0 Å². The molecule has 2 N–H and O–H groups in total. The van der Waals surface area contributed by atoms with Crippen LogP contribution in [0.25, 0.3) is 5.69 Å². The summed E-state index contributed by atoms with van der Waals surface area (Å²) in [5, 5.41) is 11.4. The number of para-hydroxylation sites is 1. The van der Waals surface area contributed by atoms with Crippen molar-refractivity contribution in [2.24, 2.45) is 5.41 Å². The summed E-state index contributed by atoms with van der Waals surface area (Å²) in [6.45, 7) is 2.58. The lowest BCUT2D eigenvalue weighted by atomic mass is 9.69. The van der Waals surface area contributed by atoms with Crippen LogP contribution in [0.2, 0.25) is 0 Å². The minimum Gasteiger partial charge on any atom is -0.351 e. The van der Waals surface area contributed by atoms with Crippen LogP contribution in [0.5, 0.6) is 0 Å². The van der Waals surface area contributed by atoms with E-state index in [0.29, 0.717) is 12.6 Å². The van der Waals surface area contributed by atoms with E-state index >= 15 is 0 Å². The highest BCUT2D eigenvalue weighted by molar-refractivity contribution is 5.85. The molecule has 6 heteroatoms. The second kappa shape index (κ2) is 8.85. The highest BCUT2D eigenvalue weighted by Gasteiger charge is 2.55. The maximum absolute atomic E-state index is 13.5. The first-order chi connectivity index (χ1) is 14.6. The summed E-state index contributed by atoms with van der Waals surface area (Å²) in [7, 11) is 0. The molecular weight excluding hydrogens is 408 g/mol. The Morgan fingerprint density at radius 3 is 2.61 bits per heavy atom. The van der Waals surface area contributed by atoms with Crippen LogP contribution in [0.1, 0.15) is 36.0 Å². The molecular formula is C25H29ClN4O. The summed E-state index contributed by atoms with van der Waals surface area (Å²) < 4.78 is 1.88. The minimum atomic E-state index is -0.365. The maximum Gasteiger partial charge on any atom is 0.228 e. The standard InChI is InChI=1S/C25H28N4O.ClH/c1-18-7-5-6-10-22(18)29-17-20(16-27-29)15-26-24(30)25(13-19-8-3-2-4-9-19)14-21-11-12-23(25)28-21;/h2-10,16-17,21,23,28H,11-15H2,1H3,(H,26,30);1H/t21-,23+,25+;/m0./s1. The SMILES string of the molecule is Cc1ccccc1-n1cc(CNC(=O)[C@]2(Cc3ccccc3)C[C@@H]3CC[C@H]2N3)cn1.Cl. The molecule has 2 aliphatic rings. The highest BCUT2D eigenvalue weighted by atomic mass is 35.5. The molecule has 5 nitrogen and oxygen atoms in total. The molecule has 3 aromatic rings. The van der Waals surface area contributed by atoms with Crippen LogP contribution < -0.4 is 10.6 Å². The number of fused-ring (bicyclic) bond motifs is 2. The highest BCUT2D eigenvalue weighted by Crippen LogP contribution is 2.46. The lowest BCUT2D eigenvalue weighted by Gasteiger charge is -2.35. The second-order valence-corrected chi connectivity index (χ2v) is 8.78. The molecule has 3 atom stereocenters. The van der Waals surface area contributed by atoms with E-state index in [1.807, 2.05) is 35.3 Å². The predicted molar refractivity (Wildman–Crippen MR) is 125 cm³/mol. The molecule has 2 aliphatic heterocycles. The second-order valence-electron chi connectivity index (χ2n) is 8.78. The summed E-state index contributed by atoms with van der Waals surface area (Å²) in [5.41, 5.74) is 4.11. The van der Waals surface area contributed by atoms with Crippen molar-refractivity contribution >= 4 is 18.3 Å². The normalized spacial score (nSPS) is 24.0. The Kier molecular flexibility index (Phi) is 6.17. The molecule has 1 amide bonds. The molecule has 0 aliphatic carbocycles. The van der Waals surface area contributed by atoms with Crippen LogP contribution in [0, 0.1) is 12.3 Å². The Morgan fingerprint density at radius 1 is 1.13 bits per heavy atom. The molecule has 31 heavy (non-hydrogen) atoms. The number of nitrogens with one attached hydrogen (secondary N) is 2. The van der Waals surface area contributed by atoms with Gasteiger partial charge in [0.1, 0.15) is 0 Å². The summed E-state index contributed by atoms with van der Waals surface area (Å²) in [6.07, 6.45) is 7.81. The topological polar surface area (TPSA) is 59.0 Å². The lowest BCUT2D eigenvalue weighted by molar-refractivity contribution is -0.132. The van der Waals surface area contributed by atoms with E-state index in [2.05, 4.69) is 59.1 Å². The van der Waals surface area contributed by atoms with Crippen molar-refractivity contribution in [3.05, 3.63) is 83.7 Å². The first-order valence-electron chi connectivity index (χ1n) is 10.8. The van der Waals surface area contributed by atoms with Crippen LogP contribution in [-0.2, 0) is 17.8 Å². The third-order valence-electron chi connectivity index (χ3n) is 6.78. The van der Waals surface area contributed by atoms with Gasteiger partial charge in [0.15, 0.2) is 0 Å². The number of hydrogen-bond donors (Lipinski definition) is 2. The van der Waals surface area contributed by atoms with E-state index in [-0.39, 0.29) is 29.8 Å². The number of halogens is 1. The number of nitrogens with zero attached hydrogens (tertiary/aromatic N) is 2. The van der Waals surface area contributed by atoms with Crippen molar-refractivity contribution in [3.8, 4) is 5.69 Å². The quantitative estimate of drug-likeness (QED) is 0.614. The van der Waals surface area contributed by atoms with Crippen molar-refractivity contribution in [3.63, 3.8) is 0 Å². The number of aryl methyl sites for hydroxylation is 1. The van der Waals surface area contributed by atoms with Crippen molar-refractivity contribution < 1.29 is 4.79 Å². The zero-order chi connectivity index (χ0) is 20.6. The van der Waals surface area contributed by atoms with Gasteiger partial charge in [-0.3, -0.25) is 4.79 Å². The summed E-state index contributed by atoms with van der Waals surface area (Å²) in [4.78, 5) is 13.5. The van der Waals surface area contributed by atoms with Gasteiger partial charge in [-0.15, -0.1) is 12.4 Å². The van der Waals surface area contributed by atoms with Crippen molar-refractivity contribution in [1.29, 1.82) is 0 Å². The Morgan fingerprint density at radius 2 is 1.90 bits per heavy atom. The van der Waals surface area contributed by atoms with Gasteiger partial charge in [-0.1, -0.05) is 48.5 Å². The summed E-state index contributed by atoms with van der Waals surface area (Å²) >= 11 is 0. The fourth-order valence-corrected chi connectivity index (χ4v) is 5.25. The molecule has 2 fully saturated rings. The van der Waals surface area contributed by atoms with Gasteiger partial charge < -0.3 is 10.6 Å². The molecule has 3 heterocycles. The fraction of sp³-hybridized carbons (Fsp3) is 0.360. The van der Waals surface area contributed by atoms with Crippen LogP contribution in [0.3, 0.4) is 0 Å². The van der Waals surface area contributed by atoms with Crippen LogP contribution >= 0.6 is 12.4 Å². The average molecular weight is 437 g/mol. The Labute approximate surface area is 189 Å². The Bertz CT molecular complexity index is 1050. The van der Waals surface area contributed by atoms with Gasteiger partial charge in [-0.25, -0.2) is 4.68 Å². The number of aromatic nitrogens is 2. The zero-order valence-corrected chi connectivity index (χ0v) is 18.6. The van der Waals surface area contributed by atoms with Gasteiger partial charge in [-0.05, 0) is 49.8 Å². The summed E-state index contributed by atoms with van der Waals surface area (Å²) in [5.74, 6) is 0.162. The molecule has 1 aromatic heterocycles. The zero-order valence-electron chi connectivity index (χ0n) is 17.8. The van der Waals surface area contributed by atoms with Gasteiger partial charge in [-0.2, -0.15) is 5.10 Å². The molecule has 0 radical (unpaired) electrons. The largest absolute Gasteiger partial charge is 0.351 e. The number of hydrogen-bond acceptors (Lipinski definition) is 3. The summed E-state index contributed by atoms with van der Waals surface area (Å²) in [6, 6.07) is 19.3. The van der Waals surface area contributed by atoms with Gasteiger partial charge in [0, 0.05) is 30.4 Å². The van der Waals surface area contributed by atoms with Crippen molar-refractivity contribution in [2.75, 3.05) is 0 Å². The maximum atomic E-state index is 13.5. The van der Waals surface area contributed by atoms with E-state index in [4.69, 9.17) is 0 Å². The van der Waals surface area contributed by atoms with E-state index in [0.717, 1.165) is 30.5 Å². The number of benzene rings is 2. The fourth-order valence-electron chi connectivity index (χ4n) is 5.25. The third kappa shape index (κ3) is 4.12. The molecule has 5 rings (SSSR count). The number of carbonyl (C=O) groups excluding carboxylic acids is 1. The van der Waals surface area contributed by atoms with Crippen molar-refractivity contribution in [2.45, 2.75) is 51.2 Å². The molecule has 0 unspecified atom stereocenters. The monoisotopic (exact) mass is 436 g/mol. The molecule has 0 spiro atoms. The van der Waals surface area contributed by atoms with E-state index in [9.17, 15) is 4.79 Å². The van der Waals surface area contributed by atoms with E-state index < -0.39 is 0 Å². The third-order valence-corrected chi connectivity index (χ3v) is 6.78. The lowest BCUT2D eigenvalue weighted by Crippen LogP contribution is -2.49. The molecule has 2 aromatic carbocycles. The minimum absolute atomic E-state index is 0.